The number of rotatable bonds is 5. The van der Waals surface area contributed by atoms with Crippen molar-refractivity contribution in [1.82, 2.24) is 4.31 Å². The Balaban J connectivity index is 1.82. The molecule has 1 saturated heterocycles. The monoisotopic (exact) mass is 374 g/mol. The molecule has 0 aliphatic carbocycles. The summed E-state index contributed by atoms with van der Waals surface area (Å²) in [6.07, 6.45) is 1.16. The Bertz CT molecular complexity index is 894. The summed E-state index contributed by atoms with van der Waals surface area (Å²) in [6.45, 7) is 2.23. The molecule has 0 spiro atoms. The second-order valence-electron chi connectivity index (χ2n) is 6.25. The Morgan fingerprint density at radius 2 is 1.85 bits per heavy atom. The molecule has 2 aromatic carbocycles. The van der Waals surface area contributed by atoms with Crippen molar-refractivity contribution >= 4 is 21.6 Å². The van der Waals surface area contributed by atoms with E-state index in [9.17, 15) is 13.2 Å². The Morgan fingerprint density at radius 1 is 1.15 bits per heavy atom. The van der Waals surface area contributed by atoms with Crippen LogP contribution < -0.4 is 10.1 Å². The van der Waals surface area contributed by atoms with E-state index in [0.29, 0.717) is 30.8 Å². The maximum absolute atomic E-state index is 13.0. The maximum Gasteiger partial charge on any atom is 0.243 e. The van der Waals surface area contributed by atoms with Gasteiger partial charge in [-0.2, -0.15) is 4.31 Å². The molecule has 138 valence electrons. The highest BCUT2D eigenvalue weighted by atomic mass is 32.2. The summed E-state index contributed by atoms with van der Waals surface area (Å²) in [6, 6.07) is 12.9. The highest BCUT2D eigenvalue weighted by molar-refractivity contribution is 7.89. The van der Waals surface area contributed by atoms with Gasteiger partial charge in [0, 0.05) is 12.2 Å². The van der Waals surface area contributed by atoms with Crippen LogP contribution in [0, 0.1) is 6.92 Å². The first-order chi connectivity index (χ1) is 12.4. The number of benzene rings is 2. The van der Waals surface area contributed by atoms with Crippen molar-refractivity contribution in [1.29, 1.82) is 0 Å². The summed E-state index contributed by atoms with van der Waals surface area (Å²) in [5, 5.41) is 2.86. The van der Waals surface area contributed by atoms with Crippen LogP contribution in [0.25, 0.3) is 0 Å². The van der Waals surface area contributed by atoms with Gasteiger partial charge >= 0.3 is 0 Å². The van der Waals surface area contributed by atoms with Crippen molar-refractivity contribution < 1.29 is 17.9 Å². The lowest BCUT2D eigenvalue weighted by molar-refractivity contribution is -0.119. The van der Waals surface area contributed by atoms with E-state index >= 15 is 0 Å². The number of hydrogen-bond donors (Lipinski definition) is 1. The molecule has 6 nitrogen and oxygen atoms in total. The van der Waals surface area contributed by atoms with Crippen LogP contribution in [-0.2, 0) is 14.8 Å². The van der Waals surface area contributed by atoms with Gasteiger partial charge in [0.05, 0.1) is 12.0 Å². The van der Waals surface area contributed by atoms with E-state index in [-0.39, 0.29) is 10.8 Å². The van der Waals surface area contributed by atoms with E-state index in [0.717, 1.165) is 5.56 Å². The molecular weight excluding hydrogens is 352 g/mol. The number of sulfonamides is 1. The Labute approximate surface area is 153 Å². The first kappa shape index (κ1) is 18.4. The SMILES string of the molecule is COc1ccc(S(=O)(=O)N2CCC[C@H]2C(=O)Nc2ccccc2C)cc1. The quantitative estimate of drug-likeness (QED) is 0.873. The molecule has 1 aliphatic heterocycles. The zero-order chi connectivity index (χ0) is 18.7. The van der Waals surface area contributed by atoms with E-state index in [4.69, 9.17) is 4.74 Å². The van der Waals surface area contributed by atoms with Gasteiger partial charge in [-0.15, -0.1) is 0 Å². The molecule has 0 aromatic heterocycles. The van der Waals surface area contributed by atoms with Gasteiger partial charge in [-0.05, 0) is 55.7 Å². The minimum absolute atomic E-state index is 0.161. The minimum atomic E-state index is -3.74. The van der Waals surface area contributed by atoms with Crippen molar-refractivity contribution in [3.05, 3.63) is 54.1 Å². The van der Waals surface area contributed by atoms with Gasteiger partial charge in [-0.25, -0.2) is 8.42 Å². The smallest absolute Gasteiger partial charge is 0.243 e. The van der Waals surface area contributed by atoms with Crippen LogP contribution in [0.4, 0.5) is 5.69 Å². The van der Waals surface area contributed by atoms with Gasteiger partial charge in [0.2, 0.25) is 15.9 Å². The lowest BCUT2D eigenvalue weighted by Gasteiger charge is -2.23. The van der Waals surface area contributed by atoms with Crippen LogP contribution in [0.5, 0.6) is 5.75 Å². The van der Waals surface area contributed by atoms with E-state index in [2.05, 4.69) is 5.32 Å². The average molecular weight is 374 g/mol. The van der Waals surface area contributed by atoms with Gasteiger partial charge in [-0.1, -0.05) is 18.2 Å². The molecular formula is C19H22N2O4S. The second kappa shape index (κ2) is 7.47. The van der Waals surface area contributed by atoms with E-state index in [1.165, 1.54) is 23.5 Å². The third kappa shape index (κ3) is 3.59. The molecule has 1 fully saturated rings. The Hall–Kier alpha value is -2.38. The Kier molecular flexibility index (Phi) is 5.29. The van der Waals surface area contributed by atoms with Crippen molar-refractivity contribution in [2.45, 2.75) is 30.7 Å². The number of para-hydroxylation sites is 1. The number of amides is 1. The van der Waals surface area contributed by atoms with Crippen LogP contribution in [-0.4, -0.2) is 38.3 Å². The van der Waals surface area contributed by atoms with Crippen LogP contribution in [0.2, 0.25) is 0 Å². The number of ether oxygens (including phenoxy) is 1. The number of anilines is 1. The second-order valence-corrected chi connectivity index (χ2v) is 8.14. The standard InChI is InChI=1S/C19H22N2O4S/c1-14-6-3-4-7-17(14)20-19(22)18-8-5-13-21(18)26(23,24)16-11-9-15(25-2)10-12-16/h3-4,6-7,9-12,18H,5,8,13H2,1-2H3,(H,20,22)/t18-/m0/s1. The molecule has 26 heavy (non-hydrogen) atoms. The van der Waals surface area contributed by atoms with Crippen LogP contribution in [0.1, 0.15) is 18.4 Å². The van der Waals surface area contributed by atoms with E-state index < -0.39 is 16.1 Å². The molecule has 0 saturated carbocycles. The predicted octanol–water partition coefficient (Wildman–Crippen LogP) is 2.80. The third-order valence-corrected chi connectivity index (χ3v) is 6.50. The predicted molar refractivity (Wildman–Crippen MR) is 99.7 cm³/mol. The van der Waals surface area contributed by atoms with Gasteiger partial charge in [0.15, 0.2) is 0 Å². The zero-order valence-corrected chi connectivity index (χ0v) is 15.6. The van der Waals surface area contributed by atoms with Crippen molar-refractivity contribution in [3.63, 3.8) is 0 Å². The Morgan fingerprint density at radius 3 is 2.50 bits per heavy atom. The number of hydrogen-bond acceptors (Lipinski definition) is 4. The summed E-state index contributed by atoms with van der Waals surface area (Å²) >= 11 is 0. The molecule has 0 bridgehead atoms. The lowest BCUT2D eigenvalue weighted by Crippen LogP contribution is -2.43. The van der Waals surface area contributed by atoms with Crippen LogP contribution in [0.3, 0.4) is 0 Å². The molecule has 3 rings (SSSR count). The normalized spacial score (nSPS) is 17.8. The zero-order valence-electron chi connectivity index (χ0n) is 14.8. The summed E-state index contributed by atoms with van der Waals surface area (Å²) in [4.78, 5) is 12.9. The molecule has 1 aliphatic rings. The van der Waals surface area contributed by atoms with Gasteiger partial charge in [0.25, 0.3) is 0 Å². The fourth-order valence-electron chi connectivity index (χ4n) is 3.10. The number of nitrogens with zero attached hydrogens (tertiary/aromatic N) is 1. The van der Waals surface area contributed by atoms with Gasteiger partial charge < -0.3 is 10.1 Å². The van der Waals surface area contributed by atoms with E-state index in [1.807, 2.05) is 31.2 Å². The van der Waals surface area contributed by atoms with E-state index in [1.54, 1.807) is 12.1 Å². The van der Waals surface area contributed by atoms with Crippen molar-refractivity contribution in [2.75, 3.05) is 19.0 Å². The molecule has 1 heterocycles. The number of methoxy groups -OCH3 is 1. The first-order valence-corrected chi connectivity index (χ1v) is 9.90. The molecule has 1 atom stereocenters. The maximum atomic E-state index is 13.0. The largest absolute Gasteiger partial charge is 0.497 e. The minimum Gasteiger partial charge on any atom is -0.497 e. The number of nitrogens with one attached hydrogen (secondary N) is 1. The van der Waals surface area contributed by atoms with Gasteiger partial charge in [0.1, 0.15) is 11.8 Å². The first-order valence-electron chi connectivity index (χ1n) is 8.46. The van der Waals surface area contributed by atoms with Crippen LogP contribution >= 0.6 is 0 Å². The highest BCUT2D eigenvalue weighted by Crippen LogP contribution is 2.28. The molecule has 0 unspecified atom stereocenters. The fraction of sp³-hybridized carbons (Fsp3) is 0.316. The topological polar surface area (TPSA) is 75.7 Å². The summed E-state index contributed by atoms with van der Waals surface area (Å²) in [5.74, 6) is 0.285. The summed E-state index contributed by atoms with van der Waals surface area (Å²) < 4.78 is 32.3. The molecule has 1 amide bonds. The van der Waals surface area contributed by atoms with Crippen molar-refractivity contribution in [2.24, 2.45) is 0 Å². The molecule has 7 heteroatoms. The molecule has 2 aromatic rings. The summed E-state index contributed by atoms with van der Waals surface area (Å²) in [5.41, 5.74) is 1.63. The average Bonchev–Trinajstić information content (AvgIpc) is 3.14. The number of carbonyl (C=O) groups is 1. The molecule has 1 N–H and O–H groups in total. The third-order valence-electron chi connectivity index (χ3n) is 4.58. The lowest BCUT2D eigenvalue weighted by atomic mass is 10.1. The summed E-state index contributed by atoms with van der Waals surface area (Å²) in [7, 11) is -2.22. The van der Waals surface area contributed by atoms with Gasteiger partial charge in [-0.3, -0.25) is 4.79 Å². The van der Waals surface area contributed by atoms with Crippen molar-refractivity contribution in [3.8, 4) is 5.75 Å². The number of carbonyl (C=O) groups excluding carboxylic acids is 1. The highest BCUT2D eigenvalue weighted by Gasteiger charge is 2.39. The molecule has 0 radical (unpaired) electrons. The number of aryl methyl sites for hydroxylation is 1. The van der Waals surface area contributed by atoms with Crippen LogP contribution in [0.15, 0.2) is 53.4 Å². The fourth-order valence-corrected chi connectivity index (χ4v) is 4.76.